The van der Waals surface area contributed by atoms with E-state index >= 15 is 0 Å². The molecular weight excluding hydrogens is 186 g/mol. The van der Waals surface area contributed by atoms with Crippen LogP contribution in [-0.2, 0) is 0 Å². The second kappa shape index (κ2) is 6.98. The molecule has 0 rings (SSSR count). The van der Waals surface area contributed by atoms with Crippen molar-refractivity contribution < 1.29 is 0 Å². The summed E-state index contributed by atoms with van der Waals surface area (Å²) in [6.45, 7) is 12.4. The SMILES string of the molecule is C=CN(CCCCC)/C(N)=C(\N)C(=C)C. The zero-order valence-corrected chi connectivity index (χ0v) is 9.92. The molecule has 3 nitrogen and oxygen atoms in total. The van der Waals surface area contributed by atoms with Crippen LogP contribution in [0.2, 0.25) is 0 Å². The fraction of sp³-hybridized carbons (Fsp3) is 0.500. The van der Waals surface area contributed by atoms with Crippen molar-refractivity contribution in [3.63, 3.8) is 0 Å². The maximum atomic E-state index is 5.90. The van der Waals surface area contributed by atoms with E-state index in [1.54, 1.807) is 6.20 Å². The molecule has 0 aliphatic carbocycles. The number of rotatable bonds is 7. The summed E-state index contributed by atoms with van der Waals surface area (Å²) < 4.78 is 0. The van der Waals surface area contributed by atoms with E-state index in [4.69, 9.17) is 11.5 Å². The lowest BCUT2D eigenvalue weighted by molar-refractivity contribution is 0.434. The van der Waals surface area contributed by atoms with E-state index in [-0.39, 0.29) is 0 Å². The average Bonchev–Trinajstić information content (AvgIpc) is 2.22. The molecule has 0 bridgehead atoms. The first-order valence-electron chi connectivity index (χ1n) is 5.34. The van der Waals surface area contributed by atoms with E-state index in [0.717, 1.165) is 18.5 Å². The maximum absolute atomic E-state index is 5.90. The summed E-state index contributed by atoms with van der Waals surface area (Å²) in [4.78, 5) is 1.87. The van der Waals surface area contributed by atoms with Gasteiger partial charge in [0.25, 0.3) is 0 Å². The molecule has 0 atom stereocenters. The molecule has 0 aliphatic rings. The molecule has 0 radical (unpaired) electrons. The Balaban J connectivity index is 4.46. The third-order valence-electron chi connectivity index (χ3n) is 2.27. The monoisotopic (exact) mass is 209 g/mol. The number of hydrogen-bond donors (Lipinski definition) is 2. The van der Waals surface area contributed by atoms with Crippen LogP contribution in [0.4, 0.5) is 0 Å². The Hall–Kier alpha value is -1.38. The summed E-state index contributed by atoms with van der Waals surface area (Å²) in [5.74, 6) is 0.550. The van der Waals surface area contributed by atoms with Gasteiger partial charge in [-0.25, -0.2) is 0 Å². The van der Waals surface area contributed by atoms with E-state index in [9.17, 15) is 0 Å². The highest BCUT2D eigenvalue weighted by molar-refractivity contribution is 5.27. The quantitative estimate of drug-likeness (QED) is 0.499. The van der Waals surface area contributed by atoms with Crippen LogP contribution < -0.4 is 11.5 Å². The minimum atomic E-state index is 0.548. The number of unbranched alkanes of at least 4 members (excludes halogenated alkanes) is 2. The van der Waals surface area contributed by atoms with Crippen molar-refractivity contribution in [1.82, 2.24) is 4.90 Å². The van der Waals surface area contributed by atoms with Crippen LogP contribution in [0.3, 0.4) is 0 Å². The van der Waals surface area contributed by atoms with Gasteiger partial charge < -0.3 is 16.4 Å². The molecule has 0 aromatic carbocycles. The summed E-state index contributed by atoms with van der Waals surface area (Å²) in [7, 11) is 0. The van der Waals surface area contributed by atoms with Crippen molar-refractivity contribution in [2.24, 2.45) is 11.5 Å². The summed E-state index contributed by atoms with van der Waals surface area (Å²) in [6.07, 6.45) is 5.17. The van der Waals surface area contributed by atoms with E-state index in [2.05, 4.69) is 20.1 Å². The second-order valence-corrected chi connectivity index (χ2v) is 3.66. The van der Waals surface area contributed by atoms with Gasteiger partial charge in [0.1, 0.15) is 5.82 Å². The molecule has 3 heteroatoms. The predicted molar refractivity (Wildman–Crippen MR) is 66.6 cm³/mol. The molecule has 0 saturated carbocycles. The Kier molecular flexibility index (Phi) is 6.34. The van der Waals surface area contributed by atoms with Crippen molar-refractivity contribution in [3.05, 3.63) is 36.4 Å². The second-order valence-electron chi connectivity index (χ2n) is 3.66. The van der Waals surface area contributed by atoms with Crippen LogP contribution in [-0.4, -0.2) is 11.4 Å². The van der Waals surface area contributed by atoms with E-state index in [0.29, 0.717) is 11.5 Å². The number of hydrogen-bond acceptors (Lipinski definition) is 3. The van der Waals surface area contributed by atoms with E-state index in [1.165, 1.54) is 12.8 Å². The van der Waals surface area contributed by atoms with Crippen molar-refractivity contribution >= 4 is 0 Å². The lowest BCUT2D eigenvalue weighted by Crippen LogP contribution is -2.27. The van der Waals surface area contributed by atoms with Gasteiger partial charge in [0.2, 0.25) is 0 Å². The zero-order valence-electron chi connectivity index (χ0n) is 9.92. The highest BCUT2D eigenvalue weighted by atomic mass is 15.2. The third-order valence-corrected chi connectivity index (χ3v) is 2.27. The zero-order chi connectivity index (χ0) is 11.8. The minimum Gasteiger partial charge on any atom is -0.396 e. The van der Waals surface area contributed by atoms with Crippen LogP contribution in [0.15, 0.2) is 36.4 Å². The van der Waals surface area contributed by atoms with E-state index in [1.807, 2.05) is 11.8 Å². The van der Waals surface area contributed by atoms with Crippen LogP contribution in [0, 0.1) is 0 Å². The highest BCUT2D eigenvalue weighted by Crippen LogP contribution is 2.09. The molecule has 0 aromatic heterocycles. The van der Waals surface area contributed by atoms with Crippen LogP contribution in [0.5, 0.6) is 0 Å². The fourth-order valence-corrected chi connectivity index (χ4v) is 1.22. The van der Waals surface area contributed by atoms with Gasteiger partial charge in [-0.2, -0.15) is 0 Å². The Morgan fingerprint density at radius 3 is 2.33 bits per heavy atom. The number of nitrogens with two attached hydrogens (primary N) is 2. The van der Waals surface area contributed by atoms with Crippen LogP contribution in [0.25, 0.3) is 0 Å². The Labute approximate surface area is 93.1 Å². The van der Waals surface area contributed by atoms with Crippen molar-refractivity contribution in [3.8, 4) is 0 Å². The Morgan fingerprint density at radius 1 is 1.33 bits per heavy atom. The Morgan fingerprint density at radius 2 is 1.93 bits per heavy atom. The fourth-order valence-electron chi connectivity index (χ4n) is 1.22. The summed E-state index contributed by atoms with van der Waals surface area (Å²) in [6, 6.07) is 0. The van der Waals surface area contributed by atoms with Crippen LogP contribution >= 0.6 is 0 Å². The molecule has 0 fully saturated rings. The van der Waals surface area contributed by atoms with Gasteiger partial charge >= 0.3 is 0 Å². The number of allylic oxidation sites excluding steroid dienone is 1. The lowest BCUT2D eigenvalue weighted by atomic mass is 10.2. The van der Waals surface area contributed by atoms with Crippen molar-refractivity contribution in [1.29, 1.82) is 0 Å². The predicted octanol–water partition coefficient (Wildman–Crippen LogP) is 2.28. The van der Waals surface area contributed by atoms with Gasteiger partial charge in [0, 0.05) is 6.54 Å². The van der Waals surface area contributed by atoms with Gasteiger partial charge in [-0.15, -0.1) is 0 Å². The van der Waals surface area contributed by atoms with Gasteiger partial charge in [-0.1, -0.05) is 32.9 Å². The molecule has 0 unspecified atom stereocenters. The molecule has 0 aliphatic heterocycles. The van der Waals surface area contributed by atoms with Gasteiger partial charge in [0.15, 0.2) is 0 Å². The minimum absolute atomic E-state index is 0.548. The van der Waals surface area contributed by atoms with Crippen LogP contribution in [0.1, 0.15) is 33.1 Å². The van der Waals surface area contributed by atoms with Gasteiger partial charge in [-0.05, 0) is 25.1 Å². The molecule has 15 heavy (non-hydrogen) atoms. The largest absolute Gasteiger partial charge is 0.396 e. The first-order chi connectivity index (χ1) is 7.04. The third kappa shape index (κ3) is 4.58. The molecular formula is C12H23N3. The molecule has 4 N–H and O–H groups in total. The van der Waals surface area contributed by atoms with Gasteiger partial charge in [-0.3, -0.25) is 0 Å². The molecule has 0 amide bonds. The highest BCUT2D eigenvalue weighted by Gasteiger charge is 2.06. The standard InChI is InChI=1S/C12H23N3/c1-5-7-8-9-15(6-2)12(14)11(13)10(3)4/h6H,2-3,5,7-9,13-14H2,1,4H3/b12-11-. The molecule has 0 saturated heterocycles. The first kappa shape index (κ1) is 13.6. The molecule has 0 heterocycles. The maximum Gasteiger partial charge on any atom is 0.127 e. The van der Waals surface area contributed by atoms with Gasteiger partial charge in [0.05, 0.1) is 5.70 Å². The molecule has 0 spiro atoms. The lowest BCUT2D eigenvalue weighted by Gasteiger charge is -2.22. The van der Waals surface area contributed by atoms with Crippen molar-refractivity contribution in [2.45, 2.75) is 33.1 Å². The molecule has 0 aromatic rings. The summed E-state index contributed by atoms with van der Waals surface area (Å²) in [5.41, 5.74) is 13.0. The molecule has 86 valence electrons. The average molecular weight is 209 g/mol. The summed E-state index contributed by atoms with van der Waals surface area (Å²) in [5, 5.41) is 0. The first-order valence-corrected chi connectivity index (χ1v) is 5.34. The Bertz CT molecular complexity index is 254. The summed E-state index contributed by atoms with van der Waals surface area (Å²) >= 11 is 0. The number of nitrogens with zero attached hydrogens (tertiary/aromatic N) is 1. The topological polar surface area (TPSA) is 55.3 Å². The van der Waals surface area contributed by atoms with Crippen molar-refractivity contribution in [2.75, 3.05) is 6.54 Å². The smallest absolute Gasteiger partial charge is 0.127 e. The normalized spacial score (nSPS) is 11.9. The van der Waals surface area contributed by atoms with E-state index < -0.39 is 0 Å².